The molecule has 0 aromatic carbocycles. The van der Waals surface area contributed by atoms with Gasteiger partial charge in [-0.25, -0.2) is 9.29 Å². The Morgan fingerprint density at radius 2 is 2.36 bits per heavy atom. The standard InChI is InChI=1S/C7H13N3S/c1-4-7-5-8-6-10(7)11-9(2)3/h5-6H,4H2,1-3H3. The van der Waals surface area contributed by atoms with Crippen LogP contribution in [0.4, 0.5) is 0 Å². The Labute approximate surface area is 71.7 Å². The summed E-state index contributed by atoms with van der Waals surface area (Å²) in [6.07, 6.45) is 4.76. The minimum Gasteiger partial charge on any atom is -0.264 e. The van der Waals surface area contributed by atoms with E-state index in [1.54, 1.807) is 12.1 Å². The summed E-state index contributed by atoms with van der Waals surface area (Å²) in [5.41, 5.74) is 1.25. The second-order valence-electron chi connectivity index (χ2n) is 2.46. The molecule has 0 radical (unpaired) electrons. The van der Waals surface area contributed by atoms with E-state index in [9.17, 15) is 0 Å². The highest BCUT2D eigenvalue weighted by molar-refractivity contribution is 7.95. The third kappa shape index (κ3) is 2.24. The third-order valence-electron chi connectivity index (χ3n) is 1.29. The fourth-order valence-electron chi connectivity index (χ4n) is 0.808. The Morgan fingerprint density at radius 3 is 2.91 bits per heavy atom. The van der Waals surface area contributed by atoms with Crippen LogP contribution in [-0.4, -0.2) is 27.4 Å². The van der Waals surface area contributed by atoms with Gasteiger partial charge >= 0.3 is 0 Å². The molecule has 0 atom stereocenters. The van der Waals surface area contributed by atoms with Gasteiger partial charge < -0.3 is 0 Å². The van der Waals surface area contributed by atoms with Crippen molar-refractivity contribution in [2.45, 2.75) is 13.3 Å². The molecule has 11 heavy (non-hydrogen) atoms. The third-order valence-corrected chi connectivity index (χ3v) is 2.12. The summed E-state index contributed by atoms with van der Waals surface area (Å²) in [4.78, 5) is 4.06. The molecule has 0 saturated heterocycles. The zero-order valence-electron chi connectivity index (χ0n) is 7.11. The molecule has 0 aliphatic carbocycles. The SMILES string of the molecule is CCc1cncn1SN(C)C. The monoisotopic (exact) mass is 171 g/mol. The van der Waals surface area contributed by atoms with Crippen LogP contribution in [0.1, 0.15) is 12.6 Å². The Morgan fingerprint density at radius 1 is 1.64 bits per heavy atom. The lowest BCUT2D eigenvalue weighted by atomic mass is 10.4. The molecule has 1 aromatic rings. The minimum absolute atomic E-state index is 1.03. The van der Waals surface area contributed by atoms with Crippen LogP contribution in [0.25, 0.3) is 0 Å². The first-order valence-corrected chi connectivity index (χ1v) is 4.34. The molecule has 0 fully saturated rings. The summed E-state index contributed by atoms with van der Waals surface area (Å²) >= 11 is 1.64. The Hall–Kier alpha value is -0.480. The van der Waals surface area contributed by atoms with E-state index in [0.717, 1.165) is 6.42 Å². The molecule has 1 heterocycles. The normalized spacial score (nSPS) is 10.9. The summed E-state index contributed by atoms with van der Waals surface area (Å²) in [5.74, 6) is 0. The van der Waals surface area contributed by atoms with Gasteiger partial charge in [0.05, 0.1) is 5.69 Å². The molecule has 0 saturated carbocycles. The van der Waals surface area contributed by atoms with Gasteiger partial charge in [-0.05, 0) is 20.5 Å². The molecule has 0 spiro atoms. The van der Waals surface area contributed by atoms with Crippen molar-refractivity contribution in [3.05, 3.63) is 18.2 Å². The molecule has 1 aromatic heterocycles. The molecular formula is C7H13N3S. The van der Waals surface area contributed by atoms with Crippen LogP contribution in [0.2, 0.25) is 0 Å². The number of nitrogens with zero attached hydrogens (tertiary/aromatic N) is 3. The maximum atomic E-state index is 4.06. The van der Waals surface area contributed by atoms with Crippen LogP contribution in [0, 0.1) is 0 Å². The minimum atomic E-state index is 1.03. The topological polar surface area (TPSA) is 21.1 Å². The second kappa shape index (κ2) is 3.78. The number of hydrogen-bond donors (Lipinski definition) is 0. The molecule has 0 aliphatic heterocycles. The van der Waals surface area contributed by atoms with Crippen molar-refractivity contribution >= 4 is 12.1 Å². The summed E-state index contributed by atoms with van der Waals surface area (Å²) in [5, 5.41) is 0. The molecule has 0 N–H and O–H groups in total. The zero-order valence-corrected chi connectivity index (χ0v) is 7.93. The first kappa shape index (κ1) is 8.62. The van der Waals surface area contributed by atoms with Gasteiger partial charge in [0.25, 0.3) is 0 Å². The number of hydrogen-bond acceptors (Lipinski definition) is 3. The summed E-state index contributed by atoms with van der Waals surface area (Å²) in [7, 11) is 4.04. The van der Waals surface area contributed by atoms with E-state index in [1.807, 2.05) is 30.9 Å². The quantitative estimate of drug-likeness (QED) is 0.642. The molecule has 3 nitrogen and oxygen atoms in total. The van der Waals surface area contributed by atoms with Gasteiger partial charge in [-0.3, -0.25) is 3.97 Å². The lowest BCUT2D eigenvalue weighted by molar-refractivity contribution is 0.694. The van der Waals surface area contributed by atoms with Crippen molar-refractivity contribution < 1.29 is 0 Å². The summed E-state index contributed by atoms with van der Waals surface area (Å²) in [6, 6.07) is 0. The molecule has 62 valence electrons. The Kier molecular flexibility index (Phi) is 2.96. The summed E-state index contributed by atoms with van der Waals surface area (Å²) in [6.45, 7) is 2.13. The van der Waals surface area contributed by atoms with Gasteiger partial charge in [0, 0.05) is 18.3 Å². The van der Waals surface area contributed by atoms with Crippen LogP contribution >= 0.6 is 12.1 Å². The van der Waals surface area contributed by atoms with Crippen LogP contribution in [0.15, 0.2) is 12.5 Å². The average molecular weight is 171 g/mol. The predicted octanol–water partition coefficient (Wildman–Crippen LogP) is 1.42. The second-order valence-corrected chi connectivity index (χ2v) is 3.75. The van der Waals surface area contributed by atoms with Gasteiger partial charge in [-0.2, -0.15) is 0 Å². The fourth-order valence-corrected chi connectivity index (χ4v) is 1.54. The van der Waals surface area contributed by atoms with Crippen LogP contribution in [-0.2, 0) is 6.42 Å². The first-order chi connectivity index (χ1) is 5.24. The van der Waals surface area contributed by atoms with E-state index in [-0.39, 0.29) is 0 Å². The molecule has 0 aliphatic rings. The maximum Gasteiger partial charge on any atom is 0.106 e. The van der Waals surface area contributed by atoms with E-state index in [4.69, 9.17) is 0 Å². The number of imidazole rings is 1. The van der Waals surface area contributed by atoms with Gasteiger partial charge in [0.2, 0.25) is 0 Å². The van der Waals surface area contributed by atoms with Crippen molar-refractivity contribution in [1.82, 2.24) is 13.3 Å². The van der Waals surface area contributed by atoms with Crippen LogP contribution in [0.5, 0.6) is 0 Å². The first-order valence-electron chi connectivity index (χ1n) is 3.61. The average Bonchev–Trinajstić information content (AvgIpc) is 2.34. The van der Waals surface area contributed by atoms with E-state index >= 15 is 0 Å². The Balaban J connectivity index is 2.68. The number of aromatic nitrogens is 2. The lowest BCUT2D eigenvalue weighted by Crippen LogP contribution is -2.05. The molecule has 4 heteroatoms. The van der Waals surface area contributed by atoms with Crippen molar-refractivity contribution in [3.8, 4) is 0 Å². The Bertz CT molecular complexity index is 219. The predicted molar refractivity (Wildman–Crippen MR) is 48.3 cm³/mol. The lowest BCUT2D eigenvalue weighted by Gasteiger charge is -2.09. The van der Waals surface area contributed by atoms with Crippen molar-refractivity contribution in [3.63, 3.8) is 0 Å². The van der Waals surface area contributed by atoms with Crippen molar-refractivity contribution in [2.75, 3.05) is 14.1 Å². The zero-order chi connectivity index (χ0) is 8.27. The van der Waals surface area contributed by atoms with Gasteiger partial charge in [-0.15, -0.1) is 0 Å². The van der Waals surface area contributed by atoms with Gasteiger partial charge in [0.15, 0.2) is 0 Å². The van der Waals surface area contributed by atoms with Crippen LogP contribution in [0.3, 0.4) is 0 Å². The molecule has 1 rings (SSSR count). The van der Waals surface area contributed by atoms with E-state index in [0.29, 0.717) is 0 Å². The number of aryl methyl sites for hydroxylation is 1. The molecular weight excluding hydrogens is 158 g/mol. The highest BCUT2D eigenvalue weighted by atomic mass is 32.2. The van der Waals surface area contributed by atoms with Crippen LogP contribution < -0.4 is 0 Å². The largest absolute Gasteiger partial charge is 0.264 e. The van der Waals surface area contributed by atoms with Gasteiger partial charge in [-0.1, -0.05) is 6.92 Å². The number of rotatable bonds is 3. The highest BCUT2D eigenvalue weighted by Crippen LogP contribution is 2.12. The van der Waals surface area contributed by atoms with E-state index < -0.39 is 0 Å². The maximum absolute atomic E-state index is 4.06. The van der Waals surface area contributed by atoms with Gasteiger partial charge in [0.1, 0.15) is 6.33 Å². The van der Waals surface area contributed by atoms with E-state index in [2.05, 4.69) is 15.9 Å². The smallest absolute Gasteiger partial charge is 0.106 e. The molecule has 0 amide bonds. The van der Waals surface area contributed by atoms with E-state index in [1.165, 1.54) is 5.69 Å². The molecule has 0 bridgehead atoms. The molecule has 0 unspecified atom stereocenters. The van der Waals surface area contributed by atoms with Crippen molar-refractivity contribution in [1.29, 1.82) is 0 Å². The van der Waals surface area contributed by atoms with Crippen molar-refractivity contribution in [2.24, 2.45) is 0 Å². The fraction of sp³-hybridized carbons (Fsp3) is 0.571. The highest BCUT2D eigenvalue weighted by Gasteiger charge is 2.00. The summed E-state index contributed by atoms with van der Waals surface area (Å²) < 4.78 is 4.11.